The number of piperidine rings is 1. The molecule has 0 radical (unpaired) electrons. The Hall–Kier alpha value is -1.26. The zero-order chi connectivity index (χ0) is 15.9. The Balaban J connectivity index is 1.84. The fourth-order valence-corrected chi connectivity index (χ4v) is 3.17. The van der Waals surface area contributed by atoms with E-state index in [0.29, 0.717) is 29.2 Å². The van der Waals surface area contributed by atoms with Gasteiger partial charge in [0, 0.05) is 23.3 Å². The lowest BCUT2D eigenvalue weighted by molar-refractivity contribution is 0.128. The Morgan fingerprint density at radius 1 is 1.27 bits per heavy atom. The van der Waals surface area contributed by atoms with E-state index >= 15 is 0 Å². The van der Waals surface area contributed by atoms with Gasteiger partial charge in [0.2, 0.25) is 0 Å². The van der Waals surface area contributed by atoms with Crippen molar-refractivity contribution in [2.24, 2.45) is 5.92 Å². The number of nitrogens with zero attached hydrogens (tertiary/aromatic N) is 1. The molecule has 2 N–H and O–H groups in total. The van der Waals surface area contributed by atoms with Crippen molar-refractivity contribution in [3.05, 3.63) is 29.3 Å². The molecule has 1 aromatic rings. The third-order valence-electron chi connectivity index (χ3n) is 4.18. The van der Waals surface area contributed by atoms with E-state index in [4.69, 9.17) is 11.6 Å². The molecule has 22 heavy (non-hydrogen) atoms. The van der Waals surface area contributed by atoms with Gasteiger partial charge in [-0.2, -0.15) is 0 Å². The standard InChI is InChI=1S/C17H26ClN3O/c1-13(2)16(21-9-4-3-5-10-21)12-19-17(22)20-15-8-6-7-14(18)11-15/h6-8,11,13,16H,3-5,9-10,12H2,1-2H3,(H2,19,20,22). The van der Waals surface area contributed by atoms with Gasteiger partial charge >= 0.3 is 6.03 Å². The summed E-state index contributed by atoms with van der Waals surface area (Å²) in [5, 5.41) is 6.44. The van der Waals surface area contributed by atoms with Crippen molar-refractivity contribution in [2.75, 3.05) is 25.0 Å². The minimum atomic E-state index is -0.176. The molecule has 0 aliphatic carbocycles. The lowest BCUT2D eigenvalue weighted by Gasteiger charge is -2.37. The molecule has 1 aliphatic rings. The van der Waals surface area contributed by atoms with Crippen LogP contribution in [0.1, 0.15) is 33.1 Å². The van der Waals surface area contributed by atoms with Crippen LogP contribution >= 0.6 is 11.6 Å². The highest BCUT2D eigenvalue weighted by atomic mass is 35.5. The summed E-state index contributed by atoms with van der Waals surface area (Å²) >= 11 is 5.92. The Morgan fingerprint density at radius 3 is 2.64 bits per heavy atom. The summed E-state index contributed by atoms with van der Waals surface area (Å²) in [7, 11) is 0. The molecule has 0 saturated carbocycles. The third kappa shape index (κ3) is 5.18. The van der Waals surface area contributed by atoms with Gasteiger partial charge in [0.1, 0.15) is 0 Å². The first-order chi connectivity index (χ1) is 10.6. The lowest BCUT2D eigenvalue weighted by atomic mass is 9.99. The number of hydrogen-bond acceptors (Lipinski definition) is 2. The minimum absolute atomic E-state index is 0.176. The van der Waals surface area contributed by atoms with Crippen molar-refractivity contribution < 1.29 is 4.79 Å². The highest BCUT2D eigenvalue weighted by molar-refractivity contribution is 6.30. The number of halogens is 1. The van der Waals surface area contributed by atoms with Crippen LogP contribution in [0.4, 0.5) is 10.5 Å². The van der Waals surface area contributed by atoms with Gasteiger partial charge in [-0.25, -0.2) is 4.79 Å². The average molecular weight is 324 g/mol. The predicted molar refractivity (Wildman–Crippen MR) is 92.5 cm³/mol. The van der Waals surface area contributed by atoms with Crippen LogP contribution < -0.4 is 10.6 Å². The number of benzene rings is 1. The first kappa shape index (κ1) is 17.1. The molecule has 0 bridgehead atoms. The van der Waals surface area contributed by atoms with E-state index in [-0.39, 0.29) is 6.03 Å². The molecule has 2 amide bonds. The summed E-state index contributed by atoms with van der Waals surface area (Å²) in [6.45, 7) is 7.39. The maximum atomic E-state index is 12.0. The van der Waals surface area contributed by atoms with Crippen molar-refractivity contribution in [1.29, 1.82) is 0 Å². The van der Waals surface area contributed by atoms with Crippen molar-refractivity contribution in [1.82, 2.24) is 10.2 Å². The van der Waals surface area contributed by atoms with E-state index in [1.54, 1.807) is 12.1 Å². The van der Waals surface area contributed by atoms with Gasteiger partial charge in [-0.05, 0) is 50.0 Å². The van der Waals surface area contributed by atoms with Crippen LogP contribution in [0.5, 0.6) is 0 Å². The number of carbonyl (C=O) groups is 1. The van der Waals surface area contributed by atoms with Crippen LogP contribution in [0.15, 0.2) is 24.3 Å². The minimum Gasteiger partial charge on any atom is -0.336 e. The number of carbonyl (C=O) groups excluding carboxylic acids is 1. The third-order valence-corrected chi connectivity index (χ3v) is 4.42. The highest BCUT2D eigenvalue weighted by Gasteiger charge is 2.23. The molecule has 4 nitrogen and oxygen atoms in total. The van der Waals surface area contributed by atoms with Gasteiger partial charge in [-0.3, -0.25) is 4.90 Å². The molecule has 1 aliphatic heterocycles. The van der Waals surface area contributed by atoms with Crippen molar-refractivity contribution >= 4 is 23.3 Å². The van der Waals surface area contributed by atoms with Crippen LogP contribution in [-0.4, -0.2) is 36.6 Å². The zero-order valence-corrected chi connectivity index (χ0v) is 14.2. The molecule has 1 heterocycles. The van der Waals surface area contributed by atoms with Crippen LogP contribution in [0.3, 0.4) is 0 Å². The van der Waals surface area contributed by atoms with E-state index in [9.17, 15) is 4.79 Å². The van der Waals surface area contributed by atoms with E-state index in [1.807, 2.05) is 12.1 Å². The SMILES string of the molecule is CC(C)C(CNC(=O)Nc1cccc(Cl)c1)N1CCCCC1. The van der Waals surface area contributed by atoms with Gasteiger partial charge in [-0.15, -0.1) is 0 Å². The molecule has 0 aromatic heterocycles. The summed E-state index contributed by atoms with van der Waals surface area (Å²) in [5.74, 6) is 0.518. The summed E-state index contributed by atoms with van der Waals surface area (Å²) in [6, 6.07) is 7.40. The Kier molecular flexibility index (Phi) is 6.52. The second kappa shape index (κ2) is 8.39. The normalized spacial score (nSPS) is 17.3. The fraction of sp³-hybridized carbons (Fsp3) is 0.588. The van der Waals surface area contributed by atoms with Crippen molar-refractivity contribution in [3.8, 4) is 0 Å². The quantitative estimate of drug-likeness (QED) is 0.861. The number of rotatable bonds is 5. The second-order valence-corrected chi connectivity index (χ2v) is 6.69. The molecule has 2 rings (SSSR count). The van der Waals surface area contributed by atoms with E-state index < -0.39 is 0 Å². The van der Waals surface area contributed by atoms with Crippen LogP contribution in [0, 0.1) is 5.92 Å². The largest absolute Gasteiger partial charge is 0.336 e. The van der Waals surface area contributed by atoms with Crippen molar-refractivity contribution in [2.45, 2.75) is 39.2 Å². The molecule has 1 unspecified atom stereocenters. The lowest BCUT2D eigenvalue weighted by Crippen LogP contribution is -2.49. The molecule has 122 valence electrons. The van der Waals surface area contributed by atoms with Crippen LogP contribution in [0.2, 0.25) is 5.02 Å². The predicted octanol–water partition coefficient (Wildman–Crippen LogP) is 3.97. The molecular weight excluding hydrogens is 298 g/mol. The number of nitrogens with one attached hydrogen (secondary N) is 2. The monoisotopic (exact) mass is 323 g/mol. The summed E-state index contributed by atoms with van der Waals surface area (Å²) in [5.41, 5.74) is 0.712. The Labute approximate surface area is 138 Å². The van der Waals surface area contributed by atoms with Crippen molar-refractivity contribution in [3.63, 3.8) is 0 Å². The molecule has 1 atom stereocenters. The first-order valence-electron chi connectivity index (χ1n) is 8.10. The maximum Gasteiger partial charge on any atom is 0.319 e. The molecule has 0 spiro atoms. The van der Waals surface area contributed by atoms with Crippen LogP contribution in [0.25, 0.3) is 0 Å². The van der Waals surface area contributed by atoms with E-state index in [0.717, 1.165) is 13.1 Å². The molecule has 1 fully saturated rings. The topological polar surface area (TPSA) is 44.4 Å². The molecular formula is C17H26ClN3O. The second-order valence-electron chi connectivity index (χ2n) is 6.25. The van der Waals surface area contributed by atoms with Gasteiger partial charge in [0.05, 0.1) is 0 Å². The number of likely N-dealkylation sites (tertiary alicyclic amines) is 1. The fourth-order valence-electron chi connectivity index (χ4n) is 2.98. The summed E-state index contributed by atoms with van der Waals surface area (Å²) in [4.78, 5) is 14.6. The average Bonchev–Trinajstić information content (AvgIpc) is 2.48. The highest BCUT2D eigenvalue weighted by Crippen LogP contribution is 2.17. The number of hydrogen-bond donors (Lipinski definition) is 2. The van der Waals surface area contributed by atoms with E-state index in [1.165, 1.54) is 19.3 Å². The summed E-state index contributed by atoms with van der Waals surface area (Å²) in [6.07, 6.45) is 3.85. The number of urea groups is 1. The van der Waals surface area contributed by atoms with E-state index in [2.05, 4.69) is 29.4 Å². The number of anilines is 1. The zero-order valence-electron chi connectivity index (χ0n) is 13.4. The van der Waals surface area contributed by atoms with Gasteiger partial charge in [0.15, 0.2) is 0 Å². The molecule has 5 heteroatoms. The Morgan fingerprint density at radius 2 is 2.00 bits per heavy atom. The van der Waals surface area contributed by atoms with Gasteiger partial charge in [-0.1, -0.05) is 37.9 Å². The van der Waals surface area contributed by atoms with Crippen LogP contribution in [-0.2, 0) is 0 Å². The van der Waals surface area contributed by atoms with Gasteiger partial charge in [0.25, 0.3) is 0 Å². The first-order valence-corrected chi connectivity index (χ1v) is 8.48. The Bertz CT molecular complexity index is 487. The molecule has 1 aromatic carbocycles. The number of amides is 2. The smallest absolute Gasteiger partial charge is 0.319 e. The molecule has 1 saturated heterocycles. The summed E-state index contributed by atoms with van der Waals surface area (Å²) < 4.78 is 0. The maximum absolute atomic E-state index is 12.0. The van der Waals surface area contributed by atoms with Gasteiger partial charge < -0.3 is 10.6 Å².